The molecule has 0 aromatic heterocycles. The minimum atomic E-state index is -1.31. The number of aromatic hydroxyl groups is 1. The van der Waals surface area contributed by atoms with Crippen LogP contribution in [-0.2, 0) is 4.79 Å². The van der Waals surface area contributed by atoms with E-state index in [4.69, 9.17) is 0 Å². The molecule has 0 aliphatic rings. The topological polar surface area (TPSA) is 77.8 Å². The van der Waals surface area contributed by atoms with Gasteiger partial charge in [-0.1, -0.05) is 11.8 Å². The number of carbonyl (C=O) groups excluding carboxylic acids is 1. The number of phenolic OH excluding ortho intramolecular Hbond substituents is 1. The van der Waals surface area contributed by atoms with Gasteiger partial charge >= 0.3 is 0 Å². The zero-order valence-corrected chi connectivity index (χ0v) is 10.7. The van der Waals surface area contributed by atoms with E-state index in [9.17, 15) is 24.5 Å². The maximum Gasteiger partial charge on any atom is 0.185 e. The third-order valence-electron chi connectivity index (χ3n) is 2.39. The fourth-order valence-corrected chi connectivity index (χ4v) is 2.10. The lowest BCUT2D eigenvalue weighted by Gasteiger charge is -2.18. The quantitative estimate of drug-likeness (QED) is 0.760. The van der Waals surface area contributed by atoms with Crippen molar-refractivity contribution in [3.05, 3.63) is 29.6 Å². The first-order valence-electron chi connectivity index (χ1n) is 5.39. The maximum absolute atomic E-state index is 12.8. The van der Waals surface area contributed by atoms with Crippen LogP contribution in [0.1, 0.15) is 25.0 Å². The molecule has 6 heteroatoms. The third kappa shape index (κ3) is 4.29. The molecule has 0 amide bonds. The molecule has 0 aliphatic carbocycles. The molecule has 100 valence electrons. The molecular formula is C12H15FO4S. The van der Waals surface area contributed by atoms with Crippen LogP contribution in [0.5, 0.6) is 5.75 Å². The highest BCUT2D eigenvalue weighted by atomic mass is 32.2. The number of thioether (sulfide) groups is 1. The highest BCUT2D eigenvalue weighted by Gasteiger charge is 2.21. The molecule has 1 rings (SSSR count). The van der Waals surface area contributed by atoms with Crippen LogP contribution in [0.15, 0.2) is 18.2 Å². The van der Waals surface area contributed by atoms with Crippen molar-refractivity contribution in [1.82, 2.24) is 0 Å². The van der Waals surface area contributed by atoms with E-state index in [-0.39, 0.29) is 17.1 Å². The minimum absolute atomic E-state index is 0.0664. The molecule has 1 aromatic rings. The van der Waals surface area contributed by atoms with Crippen LogP contribution in [0.4, 0.5) is 4.39 Å². The first-order valence-corrected chi connectivity index (χ1v) is 6.38. The molecule has 0 saturated carbocycles. The van der Waals surface area contributed by atoms with E-state index in [1.165, 1.54) is 13.0 Å². The van der Waals surface area contributed by atoms with E-state index in [1.807, 2.05) is 0 Å². The van der Waals surface area contributed by atoms with E-state index < -0.39 is 23.8 Å². The van der Waals surface area contributed by atoms with Crippen LogP contribution in [0.25, 0.3) is 0 Å². The number of benzene rings is 1. The number of hydrogen-bond donors (Lipinski definition) is 3. The molecule has 0 bridgehead atoms. The summed E-state index contributed by atoms with van der Waals surface area (Å²) in [5.74, 6) is -0.652. The monoisotopic (exact) mass is 274 g/mol. The van der Waals surface area contributed by atoms with Crippen molar-refractivity contribution in [2.45, 2.75) is 25.6 Å². The summed E-state index contributed by atoms with van der Waals surface area (Å²) in [7, 11) is 0. The van der Waals surface area contributed by atoms with Gasteiger partial charge in [-0.05, 0) is 18.6 Å². The number of aliphatic hydroxyl groups is 2. The van der Waals surface area contributed by atoms with Crippen molar-refractivity contribution in [2.24, 2.45) is 0 Å². The summed E-state index contributed by atoms with van der Waals surface area (Å²) in [5.41, 5.74) is 0.0664. The largest absolute Gasteiger partial charge is 0.507 e. The molecule has 2 atom stereocenters. The standard InChI is InChI=1S/C12H15FO4S/c1-7(14)18-5-4-10(15)12(17)9-3-2-8(13)6-11(9)16/h2-3,6,10,12,15-17H,4-5H2,1H3. The highest BCUT2D eigenvalue weighted by Crippen LogP contribution is 2.28. The smallest absolute Gasteiger partial charge is 0.185 e. The molecule has 0 aliphatic heterocycles. The molecule has 3 N–H and O–H groups in total. The van der Waals surface area contributed by atoms with Gasteiger partial charge in [-0.15, -0.1) is 0 Å². The second-order valence-electron chi connectivity index (χ2n) is 3.84. The molecule has 18 heavy (non-hydrogen) atoms. The Hall–Kier alpha value is -1.11. The van der Waals surface area contributed by atoms with Gasteiger partial charge in [0.15, 0.2) is 5.12 Å². The Morgan fingerprint density at radius 2 is 2.11 bits per heavy atom. The number of rotatable bonds is 5. The van der Waals surface area contributed by atoms with E-state index in [1.54, 1.807) is 0 Å². The van der Waals surface area contributed by atoms with Crippen molar-refractivity contribution in [3.8, 4) is 5.75 Å². The van der Waals surface area contributed by atoms with Crippen LogP contribution in [0, 0.1) is 5.82 Å². The van der Waals surface area contributed by atoms with E-state index in [0.29, 0.717) is 5.75 Å². The second-order valence-corrected chi connectivity index (χ2v) is 5.12. The number of hydrogen-bond acceptors (Lipinski definition) is 5. The lowest BCUT2D eigenvalue weighted by Crippen LogP contribution is -2.19. The summed E-state index contributed by atoms with van der Waals surface area (Å²) < 4.78 is 12.8. The van der Waals surface area contributed by atoms with Crippen molar-refractivity contribution in [1.29, 1.82) is 0 Å². The Bertz CT molecular complexity index is 425. The lowest BCUT2D eigenvalue weighted by atomic mass is 10.0. The zero-order valence-electron chi connectivity index (χ0n) is 9.84. The first kappa shape index (κ1) is 14.9. The molecular weight excluding hydrogens is 259 g/mol. The van der Waals surface area contributed by atoms with Crippen molar-refractivity contribution < 1.29 is 24.5 Å². The summed E-state index contributed by atoms with van der Waals surface area (Å²) in [6.07, 6.45) is -2.23. The lowest BCUT2D eigenvalue weighted by molar-refractivity contribution is -0.109. The van der Waals surface area contributed by atoms with Crippen LogP contribution >= 0.6 is 11.8 Å². The van der Waals surface area contributed by atoms with Gasteiger partial charge in [-0.3, -0.25) is 4.79 Å². The van der Waals surface area contributed by atoms with E-state index in [2.05, 4.69) is 0 Å². The number of carbonyl (C=O) groups is 1. The predicted octanol–water partition coefficient (Wildman–Crippen LogP) is 1.60. The number of aliphatic hydroxyl groups excluding tert-OH is 2. The first-order chi connectivity index (χ1) is 8.41. The molecule has 0 saturated heterocycles. The number of halogens is 1. The van der Waals surface area contributed by atoms with Crippen molar-refractivity contribution >= 4 is 16.9 Å². The Balaban J connectivity index is 2.62. The molecule has 2 unspecified atom stereocenters. The predicted molar refractivity (Wildman–Crippen MR) is 66.8 cm³/mol. The Morgan fingerprint density at radius 3 is 2.67 bits per heavy atom. The average molecular weight is 274 g/mol. The van der Waals surface area contributed by atoms with Crippen molar-refractivity contribution in [2.75, 3.05) is 5.75 Å². The third-order valence-corrected chi connectivity index (χ3v) is 3.24. The SMILES string of the molecule is CC(=O)SCCC(O)C(O)c1ccc(F)cc1O. The van der Waals surface area contributed by atoms with Crippen LogP contribution in [0.3, 0.4) is 0 Å². The molecule has 0 radical (unpaired) electrons. The Kier molecular flexibility index (Phi) is 5.58. The van der Waals surface area contributed by atoms with E-state index >= 15 is 0 Å². The van der Waals surface area contributed by atoms with Gasteiger partial charge in [-0.2, -0.15) is 0 Å². The Labute approximate surface area is 108 Å². The van der Waals surface area contributed by atoms with Gasteiger partial charge in [0, 0.05) is 24.3 Å². The molecule has 0 fully saturated rings. The fraction of sp³-hybridized carbons (Fsp3) is 0.417. The summed E-state index contributed by atoms with van der Waals surface area (Å²) in [5, 5.41) is 28.9. The van der Waals surface area contributed by atoms with Gasteiger partial charge in [0.2, 0.25) is 0 Å². The van der Waals surface area contributed by atoms with Gasteiger partial charge < -0.3 is 15.3 Å². The average Bonchev–Trinajstić information content (AvgIpc) is 2.27. The zero-order chi connectivity index (χ0) is 13.7. The molecule has 0 spiro atoms. The van der Waals surface area contributed by atoms with Crippen LogP contribution < -0.4 is 0 Å². The van der Waals surface area contributed by atoms with E-state index in [0.717, 1.165) is 23.9 Å². The normalized spacial score (nSPS) is 14.2. The summed E-state index contributed by atoms with van der Waals surface area (Å²) in [6, 6.07) is 3.18. The molecule has 4 nitrogen and oxygen atoms in total. The summed E-state index contributed by atoms with van der Waals surface area (Å²) in [6.45, 7) is 1.42. The molecule has 1 aromatic carbocycles. The van der Waals surface area contributed by atoms with Crippen molar-refractivity contribution in [3.63, 3.8) is 0 Å². The second kappa shape index (κ2) is 6.72. The Morgan fingerprint density at radius 1 is 1.44 bits per heavy atom. The van der Waals surface area contributed by atoms with Gasteiger partial charge in [0.05, 0.1) is 6.10 Å². The minimum Gasteiger partial charge on any atom is -0.507 e. The fourth-order valence-electron chi connectivity index (χ4n) is 1.46. The van der Waals surface area contributed by atoms with Crippen LogP contribution in [0.2, 0.25) is 0 Å². The summed E-state index contributed by atoms with van der Waals surface area (Å²) in [4.78, 5) is 10.7. The maximum atomic E-state index is 12.8. The van der Waals surface area contributed by atoms with Gasteiger partial charge in [-0.25, -0.2) is 4.39 Å². The number of phenols is 1. The highest BCUT2D eigenvalue weighted by molar-refractivity contribution is 8.13. The summed E-state index contributed by atoms with van der Waals surface area (Å²) >= 11 is 1.05. The van der Waals surface area contributed by atoms with Gasteiger partial charge in [0.1, 0.15) is 17.7 Å². The molecule has 0 heterocycles. The van der Waals surface area contributed by atoms with Gasteiger partial charge in [0.25, 0.3) is 0 Å². The van der Waals surface area contributed by atoms with Crippen LogP contribution in [-0.4, -0.2) is 32.3 Å².